The molecule has 1 heterocycles. The molecule has 2 aromatic rings. The molecular weight excluding hydrogens is 232 g/mol. The van der Waals surface area contributed by atoms with Crippen molar-refractivity contribution in [2.45, 2.75) is 0 Å². The van der Waals surface area contributed by atoms with Crippen molar-refractivity contribution in [3.05, 3.63) is 53.9 Å². The molecule has 0 aliphatic carbocycles. The Balaban J connectivity index is 2.41. The first kappa shape index (κ1) is 11.6. The third-order valence-corrected chi connectivity index (χ3v) is 2.24. The van der Waals surface area contributed by atoms with Crippen molar-refractivity contribution in [1.29, 1.82) is 5.26 Å². The molecule has 0 aliphatic heterocycles. The minimum atomic E-state index is -1.09. The van der Waals surface area contributed by atoms with Crippen molar-refractivity contribution in [3.8, 4) is 17.6 Å². The monoisotopic (exact) mass is 240 g/mol. The first-order valence-corrected chi connectivity index (χ1v) is 5.06. The van der Waals surface area contributed by atoms with E-state index in [4.69, 9.17) is 15.1 Å². The summed E-state index contributed by atoms with van der Waals surface area (Å²) < 4.78 is 5.43. The van der Waals surface area contributed by atoms with Crippen LogP contribution < -0.4 is 4.74 Å². The van der Waals surface area contributed by atoms with E-state index in [1.54, 1.807) is 12.1 Å². The number of hydrogen-bond donors (Lipinski definition) is 1. The standard InChI is InChI=1S/C13H8N2O3/c14-7-9-5-6-15-8-12(9)18-11-4-2-1-3-10(11)13(16)17/h1-6,8H,(H,16,17). The summed E-state index contributed by atoms with van der Waals surface area (Å²) in [6.45, 7) is 0. The fourth-order valence-corrected chi connectivity index (χ4v) is 1.40. The van der Waals surface area contributed by atoms with Crippen LogP contribution in [0, 0.1) is 11.3 Å². The Morgan fingerprint density at radius 3 is 2.78 bits per heavy atom. The van der Waals surface area contributed by atoms with Gasteiger partial charge in [-0.1, -0.05) is 12.1 Å². The lowest BCUT2D eigenvalue weighted by molar-refractivity contribution is 0.0694. The van der Waals surface area contributed by atoms with Crippen LogP contribution in [0.2, 0.25) is 0 Å². The summed E-state index contributed by atoms with van der Waals surface area (Å²) in [5.41, 5.74) is 0.329. The van der Waals surface area contributed by atoms with Gasteiger partial charge in [0.2, 0.25) is 0 Å². The van der Waals surface area contributed by atoms with Gasteiger partial charge in [0.1, 0.15) is 17.4 Å². The normalized spacial score (nSPS) is 9.50. The summed E-state index contributed by atoms with van der Waals surface area (Å²) in [4.78, 5) is 14.8. The maximum absolute atomic E-state index is 11.0. The number of carbonyl (C=O) groups is 1. The molecule has 18 heavy (non-hydrogen) atoms. The zero-order chi connectivity index (χ0) is 13.0. The van der Waals surface area contributed by atoms with Crippen LogP contribution in [-0.2, 0) is 0 Å². The lowest BCUT2D eigenvalue weighted by Crippen LogP contribution is -2.00. The third-order valence-electron chi connectivity index (χ3n) is 2.24. The predicted molar refractivity (Wildman–Crippen MR) is 62.4 cm³/mol. The molecule has 0 radical (unpaired) electrons. The number of nitrogens with zero attached hydrogens (tertiary/aromatic N) is 2. The summed E-state index contributed by atoms with van der Waals surface area (Å²) in [6, 6.07) is 9.67. The molecule has 2 rings (SSSR count). The summed E-state index contributed by atoms with van der Waals surface area (Å²) >= 11 is 0. The van der Waals surface area contributed by atoms with Gasteiger partial charge < -0.3 is 9.84 Å². The van der Waals surface area contributed by atoms with Gasteiger partial charge in [0.15, 0.2) is 5.75 Å². The van der Waals surface area contributed by atoms with Gasteiger partial charge in [0.05, 0.1) is 11.8 Å². The van der Waals surface area contributed by atoms with Gasteiger partial charge in [-0.3, -0.25) is 4.98 Å². The molecule has 0 fully saturated rings. The minimum absolute atomic E-state index is 0.0326. The van der Waals surface area contributed by atoms with Crippen LogP contribution >= 0.6 is 0 Å². The van der Waals surface area contributed by atoms with Crippen molar-refractivity contribution in [2.75, 3.05) is 0 Å². The number of rotatable bonds is 3. The van der Waals surface area contributed by atoms with E-state index in [1.165, 1.54) is 30.6 Å². The molecule has 0 unspecified atom stereocenters. The molecule has 1 aromatic carbocycles. The van der Waals surface area contributed by atoms with Crippen molar-refractivity contribution in [2.24, 2.45) is 0 Å². The van der Waals surface area contributed by atoms with Crippen molar-refractivity contribution in [1.82, 2.24) is 4.98 Å². The van der Waals surface area contributed by atoms with E-state index in [9.17, 15) is 4.79 Å². The van der Waals surface area contributed by atoms with Crippen LogP contribution in [-0.4, -0.2) is 16.1 Å². The van der Waals surface area contributed by atoms with E-state index < -0.39 is 5.97 Å². The number of carboxylic acids is 1. The lowest BCUT2D eigenvalue weighted by Gasteiger charge is -2.08. The third kappa shape index (κ3) is 2.28. The van der Waals surface area contributed by atoms with Gasteiger partial charge in [-0.15, -0.1) is 0 Å². The van der Waals surface area contributed by atoms with Gasteiger partial charge in [-0.25, -0.2) is 4.79 Å². The predicted octanol–water partition coefficient (Wildman–Crippen LogP) is 2.44. The van der Waals surface area contributed by atoms with Gasteiger partial charge in [0, 0.05) is 6.20 Å². The highest BCUT2D eigenvalue weighted by Crippen LogP contribution is 2.26. The van der Waals surface area contributed by atoms with E-state index in [-0.39, 0.29) is 17.1 Å². The van der Waals surface area contributed by atoms with Crippen LogP contribution in [0.4, 0.5) is 0 Å². The van der Waals surface area contributed by atoms with E-state index >= 15 is 0 Å². The summed E-state index contributed by atoms with van der Waals surface area (Å²) in [5.74, 6) is -0.684. The fraction of sp³-hybridized carbons (Fsp3) is 0. The van der Waals surface area contributed by atoms with Gasteiger partial charge in [-0.05, 0) is 18.2 Å². The summed E-state index contributed by atoms with van der Waals surface area (Å²) in [5, 5.41) is 17.9. The SMILES string of the molecule is N#Cc1ccncc1Oc1ccccc1C(=O)O. The first-order valence-electron chi connectivity index (χ1n) is 5.06. The topological polar surface area (TPSA) is 83.2 Å². The molecule has 5 nitrogen and oxygen atoms in total. The van der Waals surface area contributed by atoms with E-state index in [0.717, 1.165) is 0 Å². The van der Waals surface area contributed by atoms with Crippen LogP contribution in [0.1, 0.15) is 15.9 Å². The Morgan fingerprint density at radius 2 is 2.06 bits per heavy atom. The number of ether oxygens (including phenoxy) is 1. The summed E-state index contributed by atoms with van der Waals surface area (Å²) in [6.07, 6.45) is 2.84. The van der Waals surface area contributed by atoms with E-state index in [0.29, 0.717) is 5.56 Å². The average Bonchev–Trinajstić information content (AvgIpc) is 2.40. The number of pyridine rings is 1. The number of benzene rings is 1. The molecule has 0 saturated carbocycles. The number of para-hydroxylation sites is 1. The molecule has 0 spiro atoms. The fourth-order valence-electron chi connectivity index (χ4n) is 1.40. The maximum atomic E-state index is 11.0. The Morgan fingerprint density at radius 1 is 1.28 bits per heavy atom. The quantitative estimate of drug-likeness (QED) is 0.890. The highest BCUT2D eigenvalue weighted by Gasteiger charge is 2.12. The molecule has 0 amide bonds. The van der Waals surface area contributed by atoms with Gasteiger partial charge in [0.25, 0.3) is 0 Å². The van der Waals surface area contributed by atoms with Crippen molar-refractivity contribution in [3.63, 3.8) is 0 Å². The van der Waals surface area contributed by atoms with E-state index in [2.05, 4.69) is 4.98 Å². The number of aromatic nitrogens is 1. The Hall–Kier alpha value is -2.87. The lowest BCUT2D eigenvalue weighted by atomic mass is 10.2. The Labute approximate surface area is 103 Å². The van der Waals surface area contributed by atoms with Gasteiger partial charge >= 0.3 is 5.97 Å². The molecule has 0 bridgehead atoms. The average molecular weight is 240 g/mol. The van der Waals surface area contributed by atoms with Gasteiger partial charge in [-0.2, -0.15) is 5.26 Å². The Bertz CT molecular complexity index is 632. The zero-order valence-electron chi connectivity index (χ0n) is 9.20. The largest absolute Gasteiger partial charge is 0.478 e. The second-order valence-corrected chi connectivity index (χ2v) is 3.39. The number of carboxylic acid groups (broad SMARTS) is 1. The van der Waals surface area contributed by atoms with Crippen LogP contribution in [0.3, 0.4) is 0 Å². The van der Waals surface area contributed by atoms with Crippen LogP contribution in [0.5, 0.6) is 11.5 Å². The molecule has 88 valence electrons. The highest BCUT2D eigenvalue weighted by atomic mass is 16.5. The zero-order valence-corrected chi connectivity index (χ0v) is 9.20. The summed E-state index contributed by atoms with van der Waals surface area (Å²) in [7, 11) is 0. The number of hydrogen-bond acceptors (Lipinski definition) is 4. The molecule has 0 atom stereocenters. The highest BCUT2D eigenvalue weighted by molar-refractivity contribution is 5.90. The smallest absolute Gasteiger partial charge is 0.339 e. The van der Waals surface area contributed by atoms with Crippen molar-refractivity contribution < 1.29 is 14.6 Å². The molecule has 0 aliphatic rings. The van der Waals surface area contributed by atoms with E-state index in [1.807, 2.05) is 6.07 Å². The van der Waals surface area contributed by atoms with Crippen LogP contribution in [0.15, 0.2) is 42.7 Å². The molecular formula is C13H8N2O3. The maximum Gasteiger partial charge on any atom is 0.339 e. The second-order valence-electron chi connectivity index (χ2n) is 3.39. The molecule has 0 saturated heterocycles. The first-order chi connectivity index (χ1) is 8.72. The molecule has 5 heteroatoms. The van der Waals surface area contributed by atoms with Crippen molar-refractivity contribution >= 4 is 5.97 Å². The number of aromatic carboxylic acids is 1. The second kappa shape index (κ2) is 4.97. The Kier molecular flexibility index (Phi) is 3.21. The van der Waals surface area contributed by atoms with Crippen LogP contribution in [0.25, 0.3) is 0 Å². The molecule has 1 aromatic heterocycles. The minimum Gasteiger partial charge on any atom is -0.478 e. The molecule has 1 N–H and O–H groups in total. The number of nitriles is 1.